The molecule has 1 heterocycles. The summed E-state index contributed by atoms with van der Waals surface area (Å²) in [5, 5.41) is 0.926. The molecule has 27 heavy (non-hydrogen) atoms. The van der Waals surface area contributed by atoms with E-state index in [9.17, 15) is 9.59 Å². The number of rotatable bonds is 1. The minimum atomic E-state index is -0.139. The molecule has 0 fully saturated rings. The number of ketones is 2. The van der Waals surface area contributed by atoms with E-state index >= 15 is 0 Å². The molecule has 0 bridgehead atoms. The van der Waals surface area contributed by atoms with Gasteiger partial charge in [-0.05, 0) is 19.4 Å². The summed E-state index contributed by atoms with van der Waals surface area (Å²) in [5.74, 6) is -0.219. The number of Topliss-reactive ketones (excluding diaryl/α,β-unsaturated/α-hetero) is 2. The highest BCUT2D eigenvalue weighted by atomic mass is 32.1. The number of nitrogens with zero attached hydrogens (tertiary/aromatic N) is 1. The van der Waals surface area contributed by atoms with E-state index in [1.807, 2.05) is 26.0 Å². The maximum absolute atomic E-state index is 13.4. The monoisotopic (exact) mass is 371 g/mol. The van der Waals surface area contributed by atoms with Crippen molar-refractivity contribution in [3.05, 3.63) is 91.9 Å². The summed E-state index contributed by atoms with van der Waals surface area (Å²) < 4.78 is 0. The Morgan fingerprint density at radius 2 is 1.59 bits per heavy atom. The number of allylic oxidation sites excluding steroid dienone is 2. The van der Waals surface area contributed by atoms with Gasteiger partial charge < -0.3 is 0 Å². The largest absolute Gasteiger partial charge is 0.289 e. The lowest BCUT2D eigenvalue weighted by molar-refractivity contribution is 0.0985. The van der Waals surface area contributed by atoms with Gasteiger partial charge in [0.05, 0.1) is 15.6 Å². The van der Waals surface area contributed by atoms with Crippen LogP contribution in [0.5, 0.6) is 0 Å². The van der Waals surface area contributed by atoms with Crippen LogP contribution in [0.3, 0.4) is 0 Å². The number of carbonyl (C=O) groups excluding carboxylic acids is 2. The first-order valence-electron chi connectivity index (χ1n) is 9.00. The molecule has 3 aromatic rings. The van der Waals surface area contributed by atoms with Gasteiger partial charge in [-0.25, -0.2) is 4.98 Å². The minimum Gasteiger partial charge on any atom is -0.289 e. The highest BCUT2D eigenvalue weighted by Crippen LogP contribution is 2.47. The predicted molar refractivity (Wildman–Crippen MR) is 106 cm³/mol. The third-order valence-corrected chi connectivity index (χ3v) is 6.44. The Labute approximate surface area is 161 Å². The van der Waals surface area contributed by atoms with Crippen molar-refractivity contribution in [1.82, 2.24) is 4.98 Å². The molecule has 2 aromatic carbocycles. The van der Waals surface area contributed by atoms with Crippen LogP contribution in [-0.2, 0) is 6.42 Å². The van der Waals surface area contributed by atoms with Gasteiger partial charge in [-0.15, -0.1) is 11.3 Å². The van der Waals surface area contributed by atoms with Crippen LogP contribution in [0.25, 0.3) is 5.57 Å². The maximum Gasteiger partial charge on any atom is 0.195 e. The molecular weight excluding hydrogens is 354 g/mol. The lowest BCUT2D eigenvalue weighted by Crippen LogP contribution is -2.28. The lowest BCUT2D eigenvalue weighted by Gasteiger charge is -2.30. The Kier molecular flexibility index (Phi) is 3.52. The summed E-state index contributed by atoms with van der Waals surface area (Å²) in [4.78, 5) is 32.4. The zero-order chi connectivity index (χ0) is 18.7. The summed E-state index contributed by atoms with van der Waals surface area (Å²) >= 11 is 1.51. The van der Waals surface area contributed by atoms with Crippen LogP contribution in [0.4, 0.5) is 0 Å². The van der Waals surface area contributed by atoms with Crippen LogP contribution < -0.4 is 0 Å². The molecule has 0 saturated heterocycles. The van der Waals surface area contributed by atoms with Crippen molar-refractivity contribution in [2.24, 2.45) is 0 Å². The number of aryl methyl sites for hydroxylation is 2. The van der Waals surface area contributed by atoms with E-state index in [4.69, 9.17) is 0 Å². The summed E-state index contributed by atoms with van der Waals surface area (Å²) in [6.45, 7) is 4.00. The van der Waals surface area contributed by atoms with Crippen molar-refractivity contribution in [1.29, 1.82) is 0 Å². The van der Waals surface area contributed by atoms with Gasteiger partial charge in [0.2, 0.25) is 0 Å². The third-order valence-electron chi connectivity index (χ3n) is 5.41. The SMILES string of the molecule is Cc1ccc(C2Cc3nc(C)sc3C3=C2C(=O)c2ccccc2C3=O)cc1. The summed E-state index contributed by atoms with van der Waals surface area (Å²) in [6.07, 6.45) is 0.656. The summed E-state index contributed by atoms with van der Waals surface area (Å²) in [7, 11) is 0. The molecule has 1 atom stereocenters. The molecule has 3 nitrogen and oxygen atoms in total. The molecular formula is C23H17NO2S. The van der Waals surface area contributed by atoms with Crippen molar-refractivity contribution >= 4 is 28.5 Å². The smallest absolute Gasteiger partial charge is 0.195 e. The normalized spacial score (nSPS) is 18.2. The van der Waals surface area contributed by atoms with Gasteiger partial charge in [-0.1, -0.05) is 54.1 Å². The fourth-order valence-corrected chi connectivity index (χ4v) is 5.14. The van der Waals surface area contributed by atoms with Gasteiger partial charge in [-0.3, -0.25) is 9.59 Å². The summed E-state index contributed by atoms with van der Waals surface area (Å²) in [6, 6.07) is 15.4. The lowest BCUT2D eigenvalue weighted by atomic mass is 9.71. The maximum atomic E-state index is 13.4. The molecule has 0 N–H and O–H groups in total. The predicted octanol–water partition coefficient (Wildman–Crippen LogP) is 4.93. The Bertz CT molecular complexity index is 1150. The quantitative estimate of drug-likeness (QED) is 0.609. The van der Waals surface area contributed by atoms with Gasteiger partial charge in [-0.2, -0.15) is 0 Å². The zero-order valence-electron chi connectivity index (χ0n) is 15.1. The van der Waals surface area contributed by atoms with Crippen molar-refractivity contribution in [3.8, 4) is 0 Å². The first kappa shape index (κ1) is 16.3. The Balaban J connectivity index is 1.79. The number of benzene rings is 2. The van der Waals surface area contributed by atoms with E-state index < -0.39 is 0 Å². The molecule has 0 spiro atoms. The van der Waals surface area contributed by atoms with Crippen molar-refractivity contribution in [2.75, 3.05) is 0 Å². The van der Waals surface area contributed by atoms with Crippen LogP contribution in [0, 0.1) is 13.8 Å². The number of carbonyl (C=O) groups is 2. The molecule has 1 aromatic heterocycles. The molecule has 0 saturated carbocycles. The molecule has 0 radical (unpaired) electrons. The summed E-state index contributed by atoms with van der Waals surface area (Å²) in [5.41, 5.74) is 5.39. The van der Waals surface area contributed by atoms with E-state index in [1.165, 1.54) is 16.9 Å². The number of aromatic nitrogens is 1. The van der Waals surface area contributed by atoms with Gasteiger partial charge in [0.1, 0.15) is 0 Å². The first-order valence-corrected chi connectivity index (χ1v) is 9.82. The average Bonchev–Trinajstić information content (AvgIpc) is 3.05. The topological polar surface area (TPSA) is 47.0 Å². The van der Waals surface area contributed by atoms with Crippen LogP contribution in [0.2, 0.25) is 0 Å². The second-order valence-electron chi connectivity index (χ2n) is 7.17. The molecule has 1 unspecified atom stereocenters. The molecule has 0 amide bonds. The Hall–Kier alpha value is -2.85. The van der Waals surface area contributed by atoms with Crippen LogP contribution >= 0.6 is 11.3 Å². The molecule has 5 rings (SSSR count). The second-order valence-corrected chi connectivity index (χ2v) is 8.37. The van der Waals surface area contributed by atoms with Gasteiger partial charge in [0, 0.05) is 34.6 Å². The molecule has 2 aliphatic rings. The zero-order valence-corrected chi connectivity index (χ0v) is 15.9. The number of fused-ring (bicyclic) bond motifs is 3. The molecule has 0 aliphatic heterocycles. The fourth-order valence-electron chi connectivity index (χ4n) is 4.14. The van der Waals surface area contributed by atoms with E-state index in [1.54, 1.807) is 12.1 Å². The number of hydrogen-bond acceptors (Lipinski definition) is 4. The van der Waals surface area contributed by atoms with E-state index in [-0.39, 0.29) is 17.5 Å². The minimum absolute atomic E-state index is 0.0255. The highest BCUT2D eigenvalue weighted by molar-refractivity contribution is 7.13. The van der Waals surface area contributed by atoms with E-state index in [0.717, 1.165) is 21.1 Å². The first-order chi connectivity index (χ1) is 13.0. The third kappa shape index (κ3) is 2.37. The van der Waals surface area contributed by atoms with Crippen molar-refractivity contribution in [2.45, 2.75) is 26.2 Å². The van der Waals surface area contributed by atoms with Crippen LogP contribution in [0.1, 0.15) is 53.3 Å². The Morgan fingerprint density at radius 1 is 0.926 bits per heavy atom. The van der Waals surface area contributed by atoms with Crippen LogP contribution in [-0.4, -0.2) is 16.6 Å². The van der Waals surface area contributed by atoms with Crippen molar-refractivity contribution < 1.29 is 9.59 Å². The van der Waals surface area contributed by atoms with E-state index in [0.29, 0.717) is 28.7 Å². The van der Waals surface area contributed by atoms with Gasteiger partial charge in [0.15, 0.2) is 11.6 Å². The molecule has 132 valence electrons. The molecule has 2 aliphatic carbocycles. The van der Waals surface area contributed by atoms with Gasteiger partial charge >= 0.3 is 0 Å². The number of hydrogen-bond donors (Lipinski definition) is 0. The molecule has 4 heteroatoms. The van der Waals surface area contributed by atoms with Crippen LogP contribution in [0.15, 0.2) is 54.1 Å². The fraction of sp³-hybridized carbons (Fsp3) is 0.174. The average molecular weight is 371 g/mol. The number of thiazole rings is 1. The van der Waals surface area contributed by atoms with Gasteiger partial charge in [0.25, 0.3) is 0 Å². The Morgan fingerprint density at radius 3 is 2.30 bits per heavy atom. The highest BCUT2D eigenvalue weighted by Gasteiger charge is 2.42. The second kappa shape index (κ2) is 5.83. The van der Waals surface area contributed by atoms with Crippen molar-refractivity contribution in [3.63, 3.8) is 0 Å². The van der Waals surface area contributed by atoms with E-state index in [2.05, 4.69) is 29.2 Å². The standard InChI is InChI=1S/C23H17NO2S/c1-12-7-9-14(10-8-12)17-11-18-23(27-13(2)24-18)20-19(17)21(25)15-5-3-4-6-16(15)22(20)26/h3-10,17H,11H2,1-2H3.